The summed E-state index contributed by atoms with van der Waals surface area (Å²) in [5.41, 5.74) is 2.94. The second-order valence-electron chi connectivity index (χ2n) is 7.33. The van der Waals surface area contributed by atoms with Crippen LogP contribution in [-0.4, -0.2) is 49.3 Å². The number of aromatic nitrogens is 6. The molecule has 1 aromatic carbocycles. The van der Waals surface area contributed by atoms with Crippen LogP contribution in [0.5, 0.6) is 5.75 Å². The van der Waals surface area contributed by atoms with Gasteiger partial charge in [0.15, 0.2) is 11.6 Å². The summed E-state index contributed by atoms with van der Waals surface area (Å²) in [5.74, 6) is 1.39. The molecule has 168 valence electrons. The molecule has 5 rings (SSSR count). The van der Waals surface area contributed by atoms with Crippen molar-refractivity contribution in [3.63, 3.8) is 0 Å². The molecule has 3 aromatic heterocycles. The second-order valence-corrected chi connectivity index (χ2v) is 7.74. The Bertz CT molecular complexity index is 1350. The fourth-order valence-corrected chi connectivity index (χ4v) is 3.92. The van der Waals surface area contributed by atoms with Gasteiger partial charge in [0.05, 0.1) is 36.2 Å². The highest BCUT2D eigenvalue weighted by atomic mass is 35.5. The number of halogens is 1. The van der Waals surface area contributed by atoms with E-state index in [0.717, 1.165) is 5.56 Å². The van der Waals surface area contributed by atoms with E-state index in [1.54, 1.807) is 48.0 Å². The minimum Gasteiger partial charge on any atom is -0.493 e. The average molecular weight is 466 g/mol. The first-order valence-electron chi connectivity index (χ1n) is 10.1. The van der Waals surface area contributed by atoms with Crippen LogP contribution in [-0.2, 0) is 13.6 Å². The Hall–Kier alpha value is -4.12. The third kappa shape index (κ3) is 3.94. The minimum absolute atomic E-state index is 0.213. The maximum absolute atomic E-state index is 12.8. The molecule has 4 heterocycles. The van der Waals surface area contributed by atoms with Crippen LogP contribution in [0.1, 0.15) is 10.5 Å². The predicted octanol–water partition coefficient (Wildman–Crippen LogP) is 2.97. The number of pyridine rings is 1. The monoisotopic (exact) mass is 465 g/mol. The third-order valence-corrected chi connectivity index (χ3v) is 5.40. The van der Waals surface area contributed by atoms with E-state index in [0.29, 0.717) is 58.3 Å². The Kier molecular flexibility index (Phi) is 5.31. The Balaban J connectivity index is 1.59. The number of methoxy groups -OCH3 is 1. The zero-order valence-electron chi connectivity index (χ0n) is 17.8. The molecule has 0 spiro atoms. The van der Waals surface area contributed by atoms with Crippen LogP contribution in [0.15, 0.2) is 42.7 Å². The summed E-state index contributed by atoms with van der Waals surface area (Å²) >= 11 is 6.30. The number of para-hydroxylation sites is 1. The van der Waals surface area contributed by atoms with Crippen molar-refractivity contribution in [2.75, 3.05) is 24.3 Å². The van der Waals surface area contributed by atoms with Gasteiger partial charge < -0.3 is 20.7 Å². The van der Waals surface area contributed by atoms with Gasteiger partial charge in [0.1, 0.15) is 17.2 Å². The summed E-state index contributed by atoms with van der Waals surface area (Å²) in [6.45, 7) is 1.06. The van der Waals surface area contributed by atoms with E-state index in [4.69, 9.17) is 21.4 Å². The Morgan fingerprint density at radius 1 is 1.21 bits per heavy atom. The number of amides is 1. The molecule has 0 fully saturated rings. The van der Waals surface area contributed by atoms with Gasteiger partial charge in [-0.25, -0.2) is 4.98 Å². The normalized spacial score (nSPS) is 12.8. The lowest BCUT2D eigenvalue weighted by atomic mass is 10.1. The van der Waals surface area contributed by atoms with Gasteiger partial charge in [-0.2, -0.15) is 5.10 Å². The zero-order chi connectivity index (χ0) is 22.9. The van der Waals surface area contributed by atoms with Crippen LogP contribution < -0.4 is 20.7 Å². The highest BCUT2D eigenvalue weighted by Crippen LogP contribution is 2.39. The van der Waals surface area contributed by atoms with Gasteiger partial charge in [-0.3, -0.25) is 14.2 Å². The molecule has 12 heteroatoms. The van der Waals surface area contributed by atoms with Crippen molar-refractivity contribution in [2.24, 2.45) is 7.05 Å². The van der Waals surface area contributed by atoms with Crippen molar-refractivity contribution in [3.05, 3.63) is 53.4 Å². The van der Waals surface area contributed by atoms with Crippen molar-refractivity contribution in [1.82, 2.24) is 35.1 Å². The highest BCUT2D eigenvalue weighted by molar-refractivity contribution is 6.32. The smallest absolute Gasteiger partial charge is 0.271 e. The van der Waals surface area contributed by atoms with Gasteiger partial charge in [0.25, 0.3) is 5.91 Å². The fourth-order valence-electron chi connectivity index (χ4n) is 3.67. The first kappa shape index (κ1) is 20.8. The van der Waals surface area contributed by atoms with Crippen LogP contribution >= 0.6 is 11.6 Å². The third-order valence-electron chi connectivity index (χ3n) is 5.10. The molecule has 0 saturated heterocycles. The fraction of sp³-hybridized carbons (Fsp3) is 0.190. The van der Waals surface area contributed by atoms with Crippen molar-refractivity contribution in [3.8, 4) is 17.0 Å². The molecule has 0 aliphatic carbocycles. The van der Waals surface area contributed by atoms with Crippen molar-refractivity contribution in [1.29, 1.82) is 0 Å². The number of hydrogen-bond acceptors (Lipinski definition) is 8. The van der Waals surface area contributed by atoms with E-state index in [1.807, 2.05) is 18.2 Å². The van der Waals surface area contributed by atoms with Gasteiger partial charge in [0.2, 0.25) is 0 Å². The Morgan fingerprint density at radius 3 is 2.88 bits per heavy atom. The van der Waals surface area contributed by atoms with Gasteiger partial charge in [-0.05, 0) is 24.3 Å². The summed E-state index contributed by atoms with van der Waals surface area (Å²) in [6.07, 6.45) is 3.41. The number of ether oxygens (including phenoxy) is 1. The van der Waals surface area contributed by atoms with Gasteiger partial charge >= 0.3 is 0 Å². The summed E-state index contributed by atoms with van der Waals surface area (Å²) < 4.78 is 8.76. The maximum atomic E-state index is 12.8. The Morgan fingerprint density at radius 2 is 2.09 bits per heavy atom. The number of benzene rings is 1. The molecule has 4 aromatic rings. The molecule has 1 aliphatic rings. The molecule has 0 bridgehead atoms. The van der Waals surface area contributed by atoms with Crippen molar-refractivity contribution >= 4 is 40.5 Å². The second kappa shape index (κ2) is 8.43. The first-order valence-corrected chi connectivity index (χ1v) is 10.5. The molecule has 0 saturated carbocycles. The predicted molar refractivity (Wildman–Crippen MR) is 123 cm³/mol. The number of rotatable bonds is 6. The molecule has 0 radical (unpaired) electrons. The van der Waals surface area contributed by atoms with Crippen molar-refractivity contribution < 1.29 is 9.53 Å². The molecule has 3 N–H and O–H groups in total. The number of anilines is 4. The molecule has 1 aliphatic heterocycles. The maximum Gasteiger partial charge on any atom is 0.271 e. The molecule has 11 nitrogen and oxygen atoms in total. The minimum atomic E-state index is -0.213. The topological polar surface area (TPSA) is 124 Å². The number of carbonyl (C=O) groups is 1. The zero-order valence-corrected chi connectivity index (χ0v) is 18.6. The number of nitrogens with zero attached hydrogens (tertiary/aromatic N) is 6. The van der Waals surface area contributed by atoms with Crippen LogP contribution in [0.25, 0.3) is 11.3 Å². The number of hydrogen-bond donors (Lipinski definition) is 3. The summed E-state index contributed by atoms with van der Waals surface area (Å²) in [5, 5.41) is 22.4. The van der Waals surface area contributed by atoms with Gasteiger partial charge in [-0.1, -0.05) is 22.9 Å². The molecular weight excluding hydrogens is 446 g/mol. The molecule has 33 heavy (non-hydrogen) atoms. The molecular formula is C21H20ClN9O2. The summed E-state index contributed by atoms with van der Waals surface area (Å²) in [7, 11) is 3.32. The standard InChI is InChI=1S/C21H20ClN9O2/c1-30-11-16(27-29-30)26-15-10-12(6-7-23-15)17-18(19-21(32)24-8-9-31(19)28-17)25-14-5-3-4-13(22)20(14)33-2/h3-7,10-11,25H,8-9H2,1-2H3,(H,23,26)(H,24,32). The van der Waals surface area contributed by atoms with Gasteiger partial charge in [0, 0.05) is 25.4 Å². The lowest BCUT2D eigenvalue weighted by molar-refractivity contribution is 0.0925. The number of aryl methyl sites for hydroxylation is 1. The lowest BCUT2D eigenvalue weighted by Gasteiger charge is -2.17. The van der Waals surface area contributed by atoms with Gasteiger partial charge in [-0.15, -0.1) is 5.10 Å². The van der Waals surface area contributed by atoms with Crippen LogP contribution in [0, 0.1) is 0 Å². The Labute approximate surface area is 193 Å². The van der Waals surface area contributed by atoms with E-state index >= 15 is 0 Å². The average Bonchev–Trinajstić information content (AvgIpc) is 3.38. The summed E-state index contributed by atoms with van der Waals surface area (Å²) in [4.78, 5) is 17.1. The van der Waals surface area contributed by atoms with Crippen LogP contribution in [0.3, 0.4) is 0 Å². The quantitative estimate of drug-likeness (QED) is 0.397. The molecule has 0 atom stereocenters. The highest BCUT2D eigenvalue weighted by Gasteiger charge is 2.28. The van der Waals surface area contributed by atoms with Crippen LogP contribution in [0.4, 0.5) is 23.0 Å². The molecule has 0 unspecified atom stereocenters. The molecule has 1 amide bonds. The van der Waals surface area contributed by atoms with E-state index in [9.17, 15) is 4.79 Å². The SMILES string of the molecule is COc1c(Cl)cccc1Nc1c(-c2ccnc(Nc3cn(C)nn3)c2)nn2c1C(=O)NCC2. The van der Waals surface area contributed by atoms with Crippen LogP contribution in [0.2, 0.25) is 5.02 Å². The number of nitrogens with one attached hydrogen (secondary N) is 3. The number of carbonyl (C=O) groups excluding carboxylic acids is 1. The first-order chi connectivity index (χ1) is 16.0. The van der Waals surface area contributed by atoms with E-state index in [2.05, 4.69) is 31.2 Å². The van der Waals surface area contributed by atoms with E-state index < -0.39 is 0 Å². The lowest BCUT2D eigenvalue weighted by Crippen LogP contribution is -2.35. The van der Waals surface area contributed by atoms with Crippen molar-refractivity contribution in [2.45, 2.75) is 6.54 Å². The largest absolute Gasteiger partial charge is 0.493 e. The van der Waals surface area contributed by atoms with E-state index in [1.165, 1.54) is 0 Å². The number of fused-ring (bicyclic) bond motifs is 1. The van der Waals surface area contributed by atoms with E-state index in [-0.39, 0.29) is 5.91 Å². The summed E-state index contributed by atoms with van der Waals surface area (Å²) in [6, 6.07) is 9.03.